The van der Waals surface area contributed by atoms with E-state index in [9.17, 15) is 13.2 Å². The molecule has 1 atom stereocenters. The molecule has 0 aliphatic carbocycles. The molecular weight excluding hydrogens is 415 g/mol. The summed E-state index contributed by atoms with van der Waals surface area (Å²) in [4.78, 5) is 0. The maximum atomic E-state index is 12.9. The Balaban J connectivity index is 1.53. The van der Waals surface area contributed by atoms with E-state index in [1.165, 1.54) is 17.8 Å². The number of halogens is 3. The summed E-state index contributed by atoms with van der Waals surface area (Å²) in [5.74, 6) is 2.20. The van der Waals surface area contributed by atoms with Gasteiger partial charge in [-0.1, -0.05) is 48.2 Å². The monoisotopic (exact) mass is 433 g/mol. The van der Waals surface area contributed by atoms with Gasteiger partial charge in [0.15, 0.2) is 28.6 Å². The fraction of sp³-hybridized carbons (Fsp3) is 0.238. The standard InChI is InChI=1S/C21H18F3N3O2S/c1-2-10-27-19(18-12-28-16-8-3-4-9-17(16)29-18)25-26-20(27)30-13-14-6-5-7-15(11-14)21(22,23)24/h2-9,11,18H,1,10,12-13H2. The third kappa shape index (κ3) is 4.30. The number of hydrogen-bond donors (Lipinski definition) is 0. The van der Waals surface area contributed by atoms with E-state index >= 15 is 0 Å². The van der Waals surface area contributed by atoms with Crippen LogP contribution in [0.1, 0.15) is 23.1 Å². The number of fused-ring (bicyclic) bond motifs is 1. The first-order valence-corrected chi connectivity index (χ1v) is 10.2. The van der Waals surface area contributed by atoms with Crippen LogP contribution in [0, 0.1) is 0 Å². The SMILES string of the molecule is C=CCn1c(SCc2cccc(C(F)(F)F)c2)nnc1C1COc2ccccc2O1. The number of nitrogens with zero attached hydrogens (tertiary/aromatic N) is 3. The smallest absolute Gasteiger partial charge is 0.416 e. The molecule has 0 saturated carbocycles. The van der Waals surface area contributed by atoms with E-state index < -0.39 is 17.8 Å². The summed E-state index contributed by atoms with van der Waals surface area (Å²) in [7, 11) is 0. The second kappa shape index (κ2) is 8.43. The summed E-state index contributed by atoms with van der Waals surface area (Å²) in [6.45, 7) is 4.49. The lowest BCUT2D eigenvalue weighted by molar-refractivity contribution is -0.137. The van der Waals surface area contributed by atoms with Crippen molar-refractivity contribution in [3.8, 4) is 11.5 Å². The van der Waals surface area contributed by atoms with Crippen LogP contribution in [0.4, 0.5) is 13.2 Å². The lowest BCUT2D eigenvalue weighted by Gasteiger charge is -2.26. The van der Waals surface area contributed by atoms with E-state index in [0.29, 0.717) is 40.3 Å². The second-order valence-corrected chi connectivity index (χ2v) is 7.53. The molecule has 0 spiro atoms. The predicted molar refractivity (Wildman–Crippen MR) is 107 cm³/mol. The molecule has 1 aliphatic heterocycles. The van der Waals surface area contributed by atoms with E-state index in [4.69, 9.17) is 9.47 Å². The van der Waals surface area contributed by atoms with Crippen molar-refractivity contribution in [2.75, 3.05) is 6.61 Å². The minimum Gasteiger partial charge on any atom is -0.485 e. The average molecular weight is 433 g/mol. The number of alkyl halides is 3. The van der Waals surface area contributed by atoms with Gasteiger partial charge in [0, 0.05) is 12.3 Å². The molecule has 156 valence electrons. The van der Waals surface area contributed by atoms with Crippen LogP contribution in [0.25, 0.3) is 0 Å². The Hall–Kier alpha value is -2.94. The first kappa shape index (κ1) is 20.3. The molecule has 1 unspecified atom stereocenters. The van der Waals surface area contributed by atoms with Gasteiger partial charge in [0.2, 0.25) is 0 Å². The van der Waals surface area contributed by atoms with E-state index in [2.05, 4.69) is 16.8 Å². The molecule has 2 aromatic carbocycles. The van der Waals surface area contributed by atoms with Gasteiger partial charge in [0.25, 0.3) is 0 Å². The van der Waals surface area contributed by atoms with Gasteiger partial charge in [-0.25, -0.2) is 0 Å². The highest BCUT2D eigenvalue weighted by Gasteiger charge is 2.31. The topological polar surface area (TPSA) is 49.2 Å². The van der Waals surface area contributed by atoms with Crippen molar-refractivity contribution in [1.29, 1.82) is 0 Å². The maximum absolute atomic E-state index is 12.9. The van der Waals surface area contributed by atoms with Crippen LogP contribution in [0.2, 0.25) is 0 Å². The largest absolute Gasteiger partial charge is 0.485 e. The first-order valence-electron chi connectivity index (χ1n) is 9.17. The summed E-state index contributed by atoms with van der Waals surface area (Å²) >= 11 is 1.31. The molecule has 3 aromatic rings. The van der Waals surface area contributed by atoms with Crippen LogP contribution < -0.4 is 9.47 Å². The third-order valence-corrected chi connectivity index (χ3v) is 5.51. The van der Waals surface area contributed by atoms with E-state index in [1.807, 2.05) is 28.8 Å². The van der Waals surface area contributed by atoms with Crippen molar-refractivity contribution in [2.24, 2.45) is 0 Å². The number of allylic oxidation sites excluding steroid dienone is 1. The lowest BCUT2D eigenvalue weighted by atomic mass is 10.1. The number of rotatable bonds is 6. The molecule has 4 rings (SSSR count). The minimum absolute atomic E-state index is 0.282. The van der Waals surface area contributed by atoms with Gasteiger partial charge in [-0.3, -0.25) is 4.57 Å². The number of para-hydroxylation sites is 2. The van der Waals surface area contributed by atoms with Crippen LogP contribution >= 0.6 is 11.8 Å². The number of ether oxygens (including phenoxy) is 2. The highest BCUT2D eigenvalue weighted by Crippen LogP contribution is 2.36. The number of hydrogen-bond acceptors (Lipinski definition) is 5. The molecule has 1 aliphatic rings. The molecule has 2 heterocycles. The Kier molecular flexibility index (Phi) is 5.72. The molecule has 0 amide bonds. The van der Waals surface area contributed by atoms with Crippen molar-refractivity contribution in [3.05, 3.63) is 78.1 Å². The summed E-state index contributed by atoms with van der Waals surface area (Å²) < 4.78 is 52.4. The van der Waals surface area contributed by atoms with E-state index in [0.717, 1.165) is 12.1 Å². The first-order chi connectivity index (χ1) is 14.5. The van der Waals surface area contributed by atoms with Gasteiger partial charge >= 0.3 is 6.18 Å². The van der Waals surface area contributed by atoms with Crippen molar-refractivity contribution >= 4 is 11.8 Å². The van der Waals surface area contributed by atoms with Gasteiger partial charge in [0.05, 0.1) is 5.56 Å². The predicted octanol–water partition coefficient (Wildman–Crippen LogP) is 5.29. The molecule has 30 heavy (non-hydrogen) atoms. The number of thioether (sulfide) groups is 1. The third-order valence-electron chi connectivity index (χ3n) is 4.48. The minimum atomic E-state index is -4.37. The zero-order chi connectivity index (χ0) is 21.1. The van der Waals surface area contributed by atoms with Crippen LogP contribution in [-0.2, 0) is 18.5 Å². The fourth-order valence-electron chi connectivity index (χ4n) is 3.08. The molecular formula is C21H18F3N3O2S. The van der Waals surface area contributed by atoms with Crippen LogP contribution in [-0.4, -0.2) is 21.4 Å². The highest BCUT2D eigenvalue weighted by atomic mass is 32.2. The zero-order valence-electron chi connectivity index (χ0n) is 15.8. The van der Waals surface area contributed by atoms with E-state index in [1.54, 1.807) is 12.1 Å². The summed E-state index contributed by atoms with van der Waals surface area (Å²) in [5, 5.41) is 9.06. The number of aromatic nitrogens is 3. The highest BCUT2D eigenvalue weighted by molar-refractivity contribution is 7.98. The summed E-state index contributed by atoms with van der Waals surface area (Å²) in [5.41, 5.74) is -0.115. The fourth-order valence-corrected chi connectivity index (χ4v) is 3.98. The van der Waals surface area contributed by atoms with Gasteiger partial charge in [-0.2, -0.15) is 13.2 Å². The summed E-state index contributed by atoms with van der Waals surface area (Å²) in [6, 6.07) is 12.6. The van der Waals surface area contributed by atoms with Gasteiger partial charge in [0.1, 0.15) is 6.61 Å². The molecule has 1 aromatic heterocycles. The van der Waals surface area contributed by atoms with E-state index in [-0.39, 0.29) is 6.61 Å². The van der Waals surface area contributed by atoms with Gasteiger partial charge in [-0.05, 0) is 23.8 Å². The molecule has 0 N–H and O–H groups in total. The van der Waals surface area contributed by atoms with Crippen LogP contribution in [0.5, 0.6) is 11.5 Å². The Morgan fingerprint density at radius 2 is 1.93 bits per heavy atom. The molecule has 5 nitrogen and oxygen atoms in total. The molecule has 0 fully saturated rings. The van der Waals surface area contributed by atoms with Crippen molar-refractivity contribution < 1.29 is 22.6 Å². The molecule has 0 saturated heterocycles. The quantitative estimate of drug-likeness (QED) is 0.391. The maximum Gasteiger partial charge on any atom is 0.416 e. The van der Waals surface area contributed by atoms with Gasteiger partial charge in [-0.15, -0.1) is 16.8 Å². The Bertz CT molecular complexity index is 1050. The summed E-state index contributed by atoms with van der Waals surface area (Å²) in [6.07, 6.45) is -3.11. The molecule has 9 heteroatoms. The zero-order valence-corrected chi connectivity index (χ0v) is 16.6. The Morgan fingerprint density at radius 1 is 1.13 bits per heavy atom. The van der Waals surface area contributed by atoms with Crippen molar-refractivity contribution in [1.82, 2.24) is 14.8 Å². The second-order valence-electron chi connectivity index (χ2n) is 6.59. The van der Waals surface area contributed by atoms with Crippen LogP contribution in [0.3, 0.4) is 0 Å². The number of benzene rings is 2. The average Bonchev–Trinajstić information content (AvgIpc) is 3.14. The van der Waals surface area contributed by atoms with Gasteiger partial charge < -0.3 is 9.47 Å². The molecule has 0 radical (unpaired) electrons. The van der Waals surface area contributed by atoms with Crippen LogP contribution in [0.15, 0.2) is 66.3 Å². The Labute approximate surface area is 175 Å². The lowest BCUT2D eigenvalue weighted by Crippen LogP contribution is -2.25. The normalized spacial score (nSPS) is 15.8. The van der Waals surface area contributed by atoms with Crippen molar-refractivity contribution in [3.63, 3.8) is 0 Å². The molecule has 0 bridgehead atoms. The Morgan fingerprint density at radius 3 is 2.70 bits per heavy atom. The van der Waals surface area contributed by atoms with Crippen molar-refractivity contribution in [2.45, 2.75) is 29.7 Å².